The second-order valence-corrected chi connectivity index (χ2v) is 7.41. The van der Waals surface area contributed by atoms with Crippen LogP contribution < -0.4 is 10.1 Å². The third-order valence-corrected chi connectivity index (χ3v) is 4.93. The average molecular weight is 406 g/mol. The van der Waals surface area contributed by atoms with Crippen molar-refractivity contribution in [3.05, 3.63) is 54.1 Å². The predicted octanol–water partition coefficient (Wildman–Crippen LogP) is 3.24. The second-order valence-electron chi connectivity index (χ2n) is 7.41. The SMILES string of the molecule is CC(=O)Oc1ccc(-c2ccc(C(=O)OCC(=O)N[C@@](C)(C#N)C3CC3)cc2)cc1. The summed E-state index contributed by atoms with van der Waals surface area (Å²) >= 11 is 0. The fourth-order valence-electron chi connectivity index (χ4n) is 3.10. The van der Waals surface area contributed by atoms with Gasteiger partial charge in [-0.15, -0.1) is 0 Å². The average Bonchev–Trinajstić information content (AvgIpc) is 3.58. The number of hydrogen-bond donors (Lipinski definition) is 1. The maximum absolute atomic E-state index is 12.2. The molecule has 0 bridgehead atoms. The van der Waals surface area contributed by atoms with Gasteiger partial charge < -0.3 is 14.8 Å². The van der Waals surface area contributed by atoms with Gasteiger partial charge in [0.05, 0.1) is 11.6 Å². The van der Waals surface area contributed by atoms with Crippen LogP contribution in [0.4, 0.5) is 0 Å². The van der Waals surface area contributed by atoms with Crippen molar-refractivity contribution in [2.75, 3.05) is 6.61 Å². The third-order valence-electron chi connectivity index (χ3n) is 4.93. The highest BCUT2D eigenvalue weighted by Crippen LogP contribution is 2.39. The summed E-state index contributed by atoms with van der Waals surface area (Å²) in [7, 11) is 0. The molecule has 2 aromatic carbocycles. The number of rotatable bonds is 7. The Morgan fingerprint density at radius 2 is 1.63 bits per heavy atom. The lowest BCUT2D eigenvalue weighted by atomic mass is 9.98. The van der Waals surface area contributed by atoms with E-state index in [9.17, 15) is 19.6 Å². The number of carbonyl (C=O) groups is 3. The summed E-state index contributed by atoms with van der Waals surface area (Å²) in [6, 6.07) is 15.9. The topological polar surface area (TPSA) is 105 Å². The fraction of sp³-hybridized carbons (Fsp3) is 0.304. The van der Waals surface area contributed by atoms with Crippen molar-refractivity contribution in [1.29, 1.82) is 5.26 Å². The monoisotopic (exact) mass is 406 g/mol. The highest BCUT2D eigenvalue weighted by molar-refractivity contribution is 5.92. The van der Waals surface area contributed by atoms with Crippen LogP contribution in [0.2, 0.25) is 0 Å². The van der Waals surface area contributed by atoms with Gasteiger partial charge in [0.25, 0.3) is 5.91 Å². The Hall–Kier alpha value is -3.66. The van der Waals surface area contributed by atoms with Crippen LogP contribution in [-0.4, -0.2) is 30.0 Å². The lowest BCUT2D eigenvalue weighted by molar-refractivity contribution is -0.132. The van der Waals surface area contributed by atoms with Gasteiger partial charge in [-0.25, -0.2) is 4.79 Å². The lowest BCUT2D eigenvalue weighted by Gasteiger charge is -2.22. The van der Waals surface area contributed by atoms with Crippen molar-refractivity contribution in [2.45, 2.75) is 32.2 Å². The van der Waals surface area contributed by atoms with E-state index in [4.69, 9.17) is 9.47 Å². The van der Waals surface area contributed by atoms with Gasteiger partial charge in [0.2, 0.25) is 0 Å². The number of amides is 1. The van der Waals surface area contributed by atoms with Gasteiger partial charge >= 0.3 is 11.9 Å². The van der Waals surface area contributed by atoms with Gasteiger partial charge in [-0.3, -0.25) is 9.59 Å². The van der Waals surface area contributed by atoms with Gasteiger partial charge in [0.1, 0.15) is 11.3 Å². The van der Waals surface area contributed by atoms with Crippen molar-refractivity contribution in [2.24, 2.45) is 5.92 Å². The quantitative estimate of drug-likeness (QED) is 0.559. The summed E-state index contributed by atoms with van der Waals surface area (Å²) < 4.78 is 10.1. The van der Waals surface area contributed by atoms with E-state index in [1.807, 2.05) is 12.1 Å². The zero-order valence-electron chi connectivity index (χ0n) is 16.8. The Morgan fingerprint density at radius 3 is 2.13 bits per heavy atom. The summed E-state index contributed by atoms with van der Waals surface area (Å²) in [5.41, 5.74) is 1.15. The summed E-state index contributed by atoms with van der Waals surface area (Å²) in [5, 5.41) is 11.9. The molecule has 0 aromatic heterocycles. The Bertz CT molecular complexity index is 988. The van der Waals surface area contributed by atoms with Crippen molar-refractivity contribution >= 4 is 17.8 Å². The largest absolute Gasteiger partial charge is 0.452 e. The van der Waals surface area contributed by atoms with Gasteiger partial charge in [-0.05, 0) is 61.1 Å². The molecule has 1 aliphatic carbocycles. The number of hydrogen-bond acceptors (Lipinski definition) is 6. The van der Waals surface area contributed by atoms with Crippen molar-refractivity contribution in [1.82, 2.24) is 5.32 Å². The molecule has 1 amide bonds. The van der Waals surface area contributed by atoms with Crippen LogP contribution in [0.15, 0.2) is 48.5 Å². The Balaban J connectivity index is 1.55. The molecule has 0 aliphatic heterocycles. The van der Waals surface area contributed by atoms with Gasteiger partial charge in [-0.1, -0.05) is 24.3 Å². The van der Waals surface area contributed by atoms with Crippen LogP contribution in [0.3, 0.4) is 0 Å². The molecule has 0 heterocycles. The summed E-state index contributed by atoms with van der Waals surface area (Å²) in [4.78, 5) is 35.2. The zero-order chi connectivity index (χ0) is 21.7. The Kier molecular flexibility index (Phi) is 6.17. The number of ether oxygens (including phenoxy) is 2. The molecular formula is C23H22N2O5. The minimum atomic E-state index is -0.920. The van der Waals surface area contributed by atoms with E-state index in [0.717, 1.165) is 24.0 Å². The highest BCUT2D eigenvalue weighted by atomic mass is 16.5. The molecule has 1 atom stereocenters. The fourth-order valence-corrected chi connectivity index (χ4v) is 3.10. The zero-order valence-corrected chi connectivity index (χ0v) is 16.8. The van der Waals surface area contributed by atoms with Crippen LogP contribution in [0, 0.1) is 17.2 Å². The third kappa shape index (κ3) is 5.23. The molecule has 0 saturated heterocycles. The van der Waals surface area contributed by atoms with Crippen molar-refractivity contribution < 1.29 is 23.9 Å². The molecule has 3 rings (SSSR count). The number of nitrogens with one attached hydrogen (secondary N) is 1. The molecule has 30 heavy (non-hydrogen) atoms. The first-order valence-electron chi connectivity index (χ1n) is 9.59. The number of benzene rings is 2. The first-order chi connectivity index (χ1) is 14.3. The van der Waals surface area contributed by atoms with E-state index in [-0.39, 0.29) is 11.9 Å². The molecule has 0 spiro atoms. The molecular weight excluding hydrogens is 384 g/mol. The molecule has 0 unspecified atom stereocenters. The van der Waals surface area contributed by atoms with E-state index in [1.54, 1.807) is 43.3 Å². The van der Waals surface area contributed by atoms with Crippen LogP contribution in [0.25, 0.3) is 11.1 Å². The minimum Gasteiger partial charge on any atom is -0.452 e. The Morgan fingerprint density at radius 1 is 1.07 bits per heavy atom. The molecule has 154 valence electrons. The van der Waals surface area contributed by atoms with Crippen LogP contribution in [0.5, 0.6) is 5.75 Å². The maximum atomic E-state index is 12.2. The maximum Gasteiger partial charge on any atom is 0.338 e. The lowest BCUT2D eigenvalue weighted by Crippen LogP contribution is -2.48. The Labute approximate surface area is 174 Å². The van der Waals surface area contributed by atoms with E-state index >= 15 is 0 Å². The van der Waals surface area contributed by atoms with E-state index in [2.05, 4.69) is 11.4 Å². The van der Waals surface area contributed by atoms with E-state index < -0.39 is 24.0 Å². The molecule has 1 fully saturated rings. The molecule has 1 N–H and O–H groups in total. The summed E-state index contributed by atoms with van der Waals surface area (Å²) in [5.74, 6) is -0.892. The smallest absolute Gasteiger partial charge is 0.338 e. The molecule has 0 radical (unpaired) electrons. The van der Waals surface area contributed by atoms with E-state index in [1.165, 1.54) is 6.92 Å². The highest BCUT2D eigenvalue weighted by Gasteiger charge is 2.43. The summed E-state index contributed by atoms with van der Waals surface area (Å²) in [6.45, 7) is 2.58. The van der Waals surface area contributed by atoms with E-state index in [0.29, 0.717) is 11.3 Å². The molecule has 7 nitrogen and oxygen atoms in total. The first-order valence-corrected chi connectivity index (χ1v) is 9.59. The van der Waals surface area contributed by atoms with Gasteiger partial charge in [0.15, 0.2) is 6.61 Å². The predicted molar refractivity (Wildman–Crippen MR) is 108 cm³/mol. The van der Waals surface area contributed by atoms with Gasteiger partial charge in [-0.2, -0.15) is 5.26 Å². The van der Waals surface area contributed by atoms with Crippen LogP contribution in [-0.2, 0) is 14.3 Å². The molecule has 7 heteroatoms. The normalized spacial score (nSPS) is 14.7. The van der Waals surface area contributed by atoms with Crippen molar-refractivity contribution in [3.8, 4) is 22.9 Å². The minimum absolute atomic E-state index is 0.151. The summed E-state index contributed by atoms with van der Waals surface area (Å²) in [6.07, 6.45) is 1.81. The molecule has 1 aliphatic rings. The number of nitrogens with zero attached hydrogens (tertiary/aromatic N) is 1. The van der Waals surface area contributed by atoms with Crippen LogP contribution >= 0.6 is 0 Å². The van der Waals surface area contributed by atoms with Crippen molar-refractivity contribution in [3.63, 3.8) is 0 Å². The second kappa shape index (κ2) is 8.78. The number of esters is 2. The van der Waals surface area contributed by atoms with Crippen LogP contribution in [0.1, 0.15) is 37.0 Å². The van der Waals surface area contributed by atoms with Gasteiger partial charge in [0, 0.05) is 6.92 Å². The number of nitriles is 1. The first kappa shape index (κ1) is 21.1. The molecule has 1 saturated carbocycles. The number of carbonyl (C=O) groups excluding carboxylic acids is 3. The molecule has 2 aromatic rings. The standard InChI is InChI=1S/C23H22N2O5/c1-15(26)30-20-11-7-17(8-12-20)16-3-5-18(6-4-16)22(28)29-13-21(27)25-23(2,14-24)19-9-10-19/h3-8,11-12,19H,9-10,13H2,1-2H3,(H,25,27)/t23-/m0/s1.